The van der Waals surface area contributed by atoms with Crippen LogP contribution in [0.2, 0.25) is 0 Å². The molecule has 0 spiro atoms. The van der Waals surface area contributed by atoms with E-state index in [2.05, 4.69) is 25.8 Å². The molecule has 1 rings (SSSR count). The SMILES string of the molecule is CC(C)(C)N=C1C=CC=CC1Cl. The van der Waals surface area contributed by atoms with Gasteiger partial charge in [-0.15, -0.1) is 11.6 Å². The highest BCUT2D eigenvalue weighted by Crippen LogP contribution is 2.14. The Hall–Kier alpha value is -0.560. The smallest absolute Gasteiger partial charge is 0.0936 e. The van der Waals surface area contributed by atoms with Crippen LogP contribution >= 0.6 is 11.6 Å². The normalized spacial score (nSPS) is 26.7. The molecule has 0 saturated heterocycles. The molecule has 1 atom stereocenters. The lowest BCUT2D eigenvalue weighted by Gasteiger charge is -2.17. The summed E-state index contributed by atoms with van der Waals surface area (Å²) in [7, 11) is 0. The standard InChI is InChI=1S/C10H14ClN/c1-10(2,3)12-9-7-5-4-6-8(9)11/h4-8H,1-3H3. The van der Waals surface area contributed by atoms with Crippen LogP contribution in [0.5, 0.6) is 0 Å². The number of hydrogen-bond donors (Lipinski definition) is 0. The van der Waals surface area contributed by atoms with E-state index >= 15 is 0 Å². The average Bonchev–Trinajstić information content (AvgIpc) is 1.91. The van der Waals surface area contributed by atoms with E-state index in [-0.39, 0.29) is 10.9 Å². The quantitative estimate of drug-likeness (QED) is 0.512. The molecule has 1 aliphatic rings. The number of alkyl halides is 1. The first-order valence-corrected chi connectivity index (χ1v) is 4.51. The van der Waals surface area contributed by atoms with E-state index in [0.29, 0.717) is 0 Å². The first-order chi connectivity index (χ1) is 5.49. The zero-order valence-corrected chi connectivity index (χ0v) is 8.47. The van der Waals surface area contributed by atoms with Crippen LogP contribution < -0.4 is 0 Å². The Labute approximate surface area is 78.8 Å². The summed E-state index contributed by atoms with van der Waals surface area (Å²) >= 11 is 6.02. The fraction of sp³-hybridized carbons (Fsp3) is 0.500. The van der Waals surface area contributed by atoms with Crippen LogP contribution in [-0.2, 0) is 0 Å². The van der Waals surface area contributed by atoms with E-state index in [1.54, 1.807) is 0 Å². The first kappa shape index (κ1) is 9.53. The molecular weight excluding hydrogens is 170 g/mol. The fourth-order valence-corrected chi connectivity index (χ4v) is 1.20. The van der Waals surface area contributed by atoms with Crippen molar-refractivity contribution >= 4 is 17.3 Å². The van der Waals surface area contributed by atoms with Crippen LogP contribution in [0.25, 0.3) is 0 Å². The molecule has 1 aliphatic carbocycles. The van der Waals surface area contributed by atoms with E-state index in [1.807, 2.05) is 24.3 Å². The van der Waals surface area contributed by atoms with Crippen LogP contribution in [0.4, 0.5) is 0 Å². The van der Waals surface area contributed by atoms with Crippen molar-refractivity contribution < 1.29 is 0 Å². The summed E-state index contributed by atoms with van der Waals surface area (Å²) < 4.78 is 0. The highest BCUT2D eigenvalue weighted by atomic mass is 35.5. The van der Waals surface area contributed by atoms with Gasteiger partial charge in [-0.25, -0.2) is 0 Å². The summed E-state index contributed by atoms with van der Waals surface area (Å²) in [5.74, 6) is 0. The molecule has 0 fully saturated rings. The van der Waals surface area contributed by atoms with Gasteiger partial charge in [-0.05, 0) is 26.8 Å². The summed E-state index contributed by atoms with van der Waals surface area (Å²) in [5, 5.41) is -0.0609. The van der Waals surface area contributed by atoms with E-state index in [0.717, 1.165) is 5.71 Å². The van der Waals surface area contributed by atoms with Gasteiger partial charge in [0.2, 0.25) is 0 Å². The Bertz CT molecular complexity index is 243. The van der Waals surface area contributed by atoms with Gasteiger partial charge in [0.25, 0.3) is 0 Å². The Morgan fingerprint density at radius 2 is 2.00 bits per heavy atom. The summed E-state index contributed by atoms with van der Waals surface area (Å²) in [6.07, 6.45) is 7.80. The first-order valence-electron chi connectivity index (χ1n) is 4.08. The Kier molecular flexibility index (Phi) is 2.73. The molecule has 0 aliphatic heterocycles. The van der Waals surface area contributed by atoms with Crippen molar-refractivity contribution in [1.82, 2.24) is 0 Å². The van der Waals surface area contributed by atoms with Gasteiger partial charge in [-0.3, -0.25) is 4.99 Å². The number of allylic oxidation sites excluding steroid dienone is 4. The Morgan fingerprint density at radius 1 is 1.33 bits per heavy atom. The molecule has 0 aromatic rings. The molecule has 2 heteroatoms. The molecule has 0 N–H and O–H groups in total. The van der Waals surface area contributed by atoms with Gasteiger partial charge >= 0.3 is 0 Å². The van der Waals surface area contributed by atoms with Crippen LogP contribution in [-0.4, -0.2) is 16.6 Å². The van der Waals surface area contributed by atoms with Crippen molar-refractivity contribution in [2.24, 2.45) is 4.99 Å². The second-order valence-corrected chi connectivity index (χ2v) is 4.32. The molecule has 0 saturated carbocycles. The monoisotopic (exact) mass is 183 g/mol. The van der Waals surface area contributed by atoms with Gasteiger partial charge in [-0.2, -0.15) is 0 Å². The molecule has 0 aromatic carbocycles. The van der Waals surface area contributed by atoms with Gasteiger partial charge in [0.1, 0.15) is 0 Å². The highest BCUT2D eigenvalue weighted by molar-refractivity contribution is 6.35. The molecule has 0 radical (unpaired) electrons. The number of hydrogen-bond acceptors (Lipinski definition) is 1. The largest absolute Gasteiger partial charge is 0.282 e. The second-order valence-electron chi connectivity index (χ2n) is 3.85. The zero-order chi connectivity index (χ0) is 9.19. The molecule has 1 unspecified atom stereocenters. The molecular formula is C10H14ClN. The predicted molar refractivity (Wildman–Crippen MR) is 55.1 cm³/mol. The summed E-state index contributed by atoms with van der Waals surface area (Å²) in [4.78, 5) is 4.50. The Morgan fingerprint density at radius 3 is 2.50 bits per heavy atom. The van der Waals surface area contributed by atoms with Gasteiger partial charge < -0.3 is 0 Å². The number of rotatable bonds is 0. The minimum atomic E-state index is -0.0609. The maximum Gasteiger partial charge on any atom is 0.0936 e. The number of halogens is 1. The van der Waals surface area contributed by atoms with E-state index in [1.165, 1.54) is 0 Å². The lowest BCUT2D eigenvalue weighted by atomic mass is 10.1. The fourth-order valence-electron chi connectivity index (χ4n) is 0.993. The molecule has 0 bridgehead atoms. The minimum absolute atomic E-state index is 0.0437. The van der Waals surface area contributed by atoms with Gasteiger partial charge in [0, 0.05) is 0 Å². The van der Waals surface area contributed by atoms with Gasteiger partial charge in [0.05, 0.1) is 16.6 Å². The molecule has 12 heavy (non-hydrogen) atoms. The number of aliphatic imine (C=N–C) groups is 1. The molecule has 0 aromatic heterocycles. The number of nitrogens with zero attached hydrogens (tertiary/aromatic N) is 1. The van der Waals surface area contributed by atoms with Gasteiger partial charge in [0.15, 0.2) is 0 Å². The maximum absolute atomic E-state index is 6.02. The summed E-state index contributed by atoms with van der Waals surface area (Å²) in [6, 6.07) is 0. The van der Waals surface area contributed by atoms with E-state index in [4.69, 9.17) is 11.6 Å². The third-order valence-corrected chi connectivity index (χ3v) is 1.77. The van der Waals surface area contributed by atoms with Crippen LogP contribution in [0.15, 0.2) is 29.3 Å². The van der Waals surface area contributed by atoms with Crippen molar-refractivity contribution in [2.75, 3.05) is 0 Å². The zero-order valence-electron chi connectivity index (χ0n) is 7.71. The highest BCUT2D eigenvalue weighted by Gasteiger charge is 2.13. The topological polar surface area (TPSA) is 12.4 Å². The molecule has 1 nitrogen and oxygen atoms in total. The van der Waals surface area contributed by atoms with Crippen LogP contribution in [0.3, 0.4) is 0 Å². The van der Waals surface area contributed by atoms with E-state index in [9.17, 15) is 0 Å². The minimum Gasteiger partial charge on any atom is -0.282 e. The molecule has 0 amide bonds. The summed E-state index contributed by atoms with van der Waals surface area (Å²) in [5.41, 5.74) is 0.907. The summed E-state index contributed by atoms with van der Waals surface area (Å²) in [6.45, 7) is 6.20. The van der Waals surface area contributed by atoms with E-state index < -0.39 is 0 Å². The lowest BCUT2D eigenvalue weighted by Crippen LogP contribution is -2.19. The Balaban J connectivity index is 2.82. The maximum atomic E-state index is 6.02. The van der Waals surface area contributed by atoms with Gasteiger partial charge in [-0.1, -0.05) is 18.2 Å². The third kappa shape index (κ3) is 2.82. The average molecular weight is 184 g/mol. The second kappa shape index (κ2) is 3.44. The molecule has 66 valence electrons. The predicted octanol–water partition coefficient (Wildman–Crippen LogP) is 2.96. The molecule has 0 heterocycles. The van der Waals surface area contributed by atoms with Crippen molar-refractivity contribution in [1.29, 1.82) is 0 Å². The van der Waals surface area contributed by atoms with Crippen molar-refractivity contribution in [2.45, 2.75) is 31.7 Å². The lowest BCUT2D eigenvalue weighted by molar-refractivity contribution is 0.583. The van der Waals surface area contributed by atoms with Crippen molar-refractivity contribution in [3.05, 3.63) is 24.3 Å². The van der Waals surface area contributed by atoms with Crippen LogP contribution in [0.1, 0.15) is 20.8 Å². The van der Waals surface area contributed by atoms with Crippen molar-refractivity contribution in [3.8, 4) is 0 Å². The van der Waals surface area contributed by atoms with Crippen LogP contribution in [0, 0.1) is 0 Å². The van der Waals surface area contributed by atoms with Crippen molar-refractivity contribution in [3.63, 3.8) is 0 Å². The third-order valence-electron chi connectivity index (χ3n) is 1.41.